The van der Waals surface area contributed by atoms with Crippen molar-refractivity contribution in [2.45, 2.75) is 12.6 Å². The van der Waals surface area contributed by atoms with E-state index >= 15 is 0 Å². The van der Waals surface area contributed by atoms with Gasteiger partial charge in [-0.2, -0.15) is 0 Å². The van der Waals surface area contributed by atoms with Gasteiger partial charge in [-0.3, -0.25) is 9.59 Å². The molecule has 0 bridgehead atoms. The predicted molar refractivity (Wildman–Crippen MR) is 129 cm³/mol. The van der Waals surface area contributed by atoms with E-state index in [1.54, 1.807) is 18.3 Å². The number of fused-ring (bicyclic) bond motifs is 1. The van der Waals surface area contributed by atoms with Gasteiger partial charge in [0.2, 0.25) is 0 Å². The van der Waals surface area contributed by atoms with Crippen LogP contribution in [-0.2, 0) is 16.1 Å². The first-order chi connectivity index (χ1) is 16.9. The molecule has 1 fully saturated rings. The maximum absolute atomic E-state index is 13.4. The summed E-state index contributed by atoms with van der Waals surface area (Å²) in [5.41, 5.74) is 1.59. The van der Waals surface area contributed by atoms with E-state index in [0.29, 0.717) is 11.3 Å². The Labute approximate surface area is 205 Å². The van der Waals surface area contributed by atoms with Crippen LogP contribution in [0.5, 0.6) is 11.5 Å². The highest BCUT2D eigenvalue weighted by molar-refractivity contribution is 6.46. The van der Waals surface area contributed by atoms with E-state index in [4.69, 9.17) is 25.5 Å². The monoisotopic (exact) mass is 492 g/mol. The second kappa shape index (κ2) is 8.88. The third-order valence-corrected chi connectivity index (χ3v) is 6.39. The quantitative estimate of drug-likeness (QED) is 0.221. The lowest BCUT2D eigenvalue weighted by atomic mass is 9.94. The number of ether oxygens (including phenoxy) is 2. The van der Waals surface area contributed by atoms with Crippen LogP contribution in [0.25, 0.3) is 16.7 Å². The smallest absolute Gasteiger partial charge is 0.296 e. The molecule has 178 valence electrons. The van der Waals surface area contributed by atoms with Crippen LogP contribution in [0.3, 0.4) is 0 Å². The molecule has 8 nitrogen and oxygen atoms in total. The molecule has 0 radical (unpaired) electrons. The summed E-state index contributed by atoms with van der Waals surface area (Å²) in [6, 6.07) is 13.0. The standard InChI is InChI=1S/C26H21ClN2O6/c1-33-20-11-18(27)21(34-2)10-16(20)24(30)22-23(17-12-28-19-8-4-3-7-15(17)19)29(26(32)25(22)31)13-14-6-5-9-35-14/h3-12,23,28,30H,13H2,1-2H3/b24-22+. The normalized spacial score (nSPS) is 17.3. The highest BCUT2D eigenvalue weighted by Gasteiger charge is 2.47. The number of nitrogens with one attached hydrogen (secondary N) is 1. The molecule has 1 amide bonds. The second-order valence-corrected chi connectivity index (χ2v) is 8.39. The lowest BCUT2D eigenvalue weighted by Gasteiger charge is -2.24. The minimum Gasteiger partial charge on any atom is -0.507 e. The molecule has 1 aliphatic rings. The number of methoxy groups -OCH3 is 2. The Morgan fingerprint density at radius 2 is 1.89 bits per heavy atom. The Bertz CT molecular complexity index is 1470. The van der Waals surface area contributed by atoms with Crippen molar-refractivity contribution >= 4 is 40.0 Å². The maximum atomic E-state index is 13.4. The Balaban J connectivity index is 1.75. The van der Waals surface area contributed by atoms with Crippen molar-refractivity contribution in [3.05, 3.63) is 88.5 Å². The summed E-state index contributed by atoms with van der Waals surface area (Å²) in [4.78, 5) is 31.2. The van der Waals surface area contributed by atoms with Crippen molar-refractivity contribution in [3.8, 4) is 11.5 Å². The number of aliphatic hydroxyl groups excluding tert-OH is 1. The zero-order valence-electron chi connectivity index (χ0n) is 18.9. The van der Waals surface area contributed by atoms with Gasteiger partial charge in [0, 0.05) is 28.7 Å². The number of rotatable bonds is 6. The number of para-hydroxylation sites is 1. The number of H-pyrrole nitrogens is 1. The van der Waals surface area contributed by atoms with Crippen LogP contribution >= 0.6 is 11.6 Å². The number of carbonyl (C=O) groups is 2. The predicted octanol–water partition coefficient (Wildman–Crippen LogP) is 5.05. The largest absolute Gasteiger partial charge is 0.507 e. The zero-order chi connectivity index (χ0) is 24.7. The first-order valence-corrected chi connectivity index (χ1v) is 11.1. The number of carbonyl (C=O) groups excluding carboxylic acids is 2. The molecule has 2 aromatic heterocycles. The van der Waals surface area contributed by atoms with Crippen LogP contribution in [0.2, 0.25) is 5.02 Å². The van der Waals surface area contributed by atoms with E-state index in [1.807, 2.05) is 24.3 Å². The number of likely N-dealkylation sites (tertiary alicyclic amines) is 1. The van der Waals surface area contributed by atoms with Crippen molar-refractivity contribution in [1.29, 1.82) is 0 Å². The number of amides is 1. The molecule has 5 rings (SSSR count). The summed E-state index contributed by atoms with van der Waals surface area (Å²) in [6.45, 7) is 0.0413. The van der Waals surface area contributed by atoms with Crippen molar-refractivity contribution in [1.82, 2.24) is 9.88 Å². The summed E-state index contributed by atoms with van der Waals surface area (Å²) in [5, 5.41) is 12.6. The molecular weight excluding hydrogens is 472 g/mol. The summed E-state index contributed by atoms with van der Waals surface area (Å²) in [5.74, 6) is -0.959. The van der Waals surface area contributed by atoms with E-state index in [-0.39, 0.29) is 34.2 Å². The molecule has 2 aromatic carbocycles. The van der Waals surface area contributed by atoms with E-state index in [1.165, 1.54) is 37.5 Å². The minimum atomic E-state index is -0.886. The van der Waals surface area contributed by atoms with Gasteiger partial charge in [0.25, 0.3) is 11.7 Å². The third-order valence-electron chi connectivity index (χ3n) is 6.09. The highest BCUT2D eigenvalue weighted by Crippen LogP contribution is 2.45. The average Bonchev–Trinajstić information content (AvgIpc) is 3.59. The highest BCUT2D eigenvalue weighted by atomic mass is 35.5. The number of ketones is 1. The second-order valence-electron chi connectivity index (χ2n) is 7.98. The SMILES string of the molecule is COc1cc(/C(O)=C2\C(=O)C(=O)N(Cc3ccco3)C2c2c[nH]c3ccccc23)c(OC)cc1Cl. The Hall–Kier alpha value is -4.17. The van der Waals surface area contributed by atoms with Gasteiger partial charge in [-0.1, -0.05) is 29.8 Å². The minimum absolute atomic E-state index is 0.0413. The molecule has 1 unspecified atom stereocenters. The molecule has 0 spiro atoms. The Morgan fingerprint density at radius 1 is 1.11 bits per heavy atom. The van der Waals surface area contributed by atoms with Crippen molar-refractivity contribution < 1.29 is 28.6 Å². The number of aromatic amines is 1. The first-order valence-electron chi connectivity index (χ1n) is 10.7. The molecule has 35 heavy (non-hydrogen) atoms. The van der Waals surface area contributed by atoms with Crippen LogP contribution < -0.4 is 9.47 Å². The molecule has 4 aromatic rings. The number of aromatic nitrogens is 1. The molecular formula is C26H21ClN2O6. The number of aliphatic hydroxyl groups is 1. The number of hydrogen-bond donors (Lipinski definition) is 2. The average molecular weight is 493 g/mol. The van der Waals surface area contributed by atoms with Crippen LogP contribution in [0.15, 0.2) is 71.0 Å². The van der Waals surface area contributed by atoms with E-state index in [2.05, 4.69) is 4.98 Å². The fourth-order valence-electron chi connectivity index (χ4n) is 4.45. The molecule has 1 aliphatic heterocycles. The number of halogens is 1. The lowest BCUT2D eigenvalue weighted by Crippen LogP contribution is -2.29. The van der Waals surface area contributed by atoms with Crippen LogP contribution in [0, 0.1) is 0 Å². The maximum Gasteiger partial charge on any atom is 0.296 e. The fraction of sp³-hybridized carbons (Fsp3) is 0.154. The van der Waals surface area contributed by atoms with Gasteiger partial charge < -0.3 is 28.9 Å². The topological polar surface area (TPSA) is 105 Å². The van der Waals surface area contributed by atoms with E-state index in [0.717, 1.165) is 10.9 Å². The van der Waals surface area contributed by atoms with Gasteiger partial charge in [-0.15, -0.1) is 0 Å². The van der Waals surface area contributed by atoms with E-state index in [9.17, 15) is 14.7 Å². The van der Waals surface area contributed by atoms with Gasteiger partial charge in [0.15, 0.2) is 0 Å². The fourth-order valence-corrected chi connectivity index (χ4v) is 4.68. The van der Waals surface area contributed by atoms with Gasteiger partial charge in [-0.05, 0) is 24.3 Å². The summed E-state index contributed by atoms with van der Waals surface area (Å²) in [6.07, 6.45) is 3.24. The Kier molecular flexibility index (Phi) is 5.74. The van der Waals surface area contributed by atoms with Crippen LogP contribution in [0.1, 0.15) is 22.9 Å². The molecule has 0 aliphatic carbocycles. The lowest BCUT2D eigenvalue weighted by molar-refractivity contribution is -0.140. The molecule has 9 heteroatoms. The molecule has 2 N–H and O–H groups in total. The molecule has 1 saturated heterocycles. The van der Waals surface area contributed by atoms with Gasteiger partial charge in [0.05, 0.1) is 49.2 Å². The first kappa shape index (κ1) is 22.6. The molecule has 1 atom stereocenters. The summed E-state index contributed by atoms with van der Waals surface area (Å²) in [7, 11) is 2.85. The van der Waals surface area contributed by atoms with Crippen molar-refractivity contribution in [3.63, 3.8) is 0 Å². The summed E-state index contributed by atoms with van der Waals surface area (Å²) >= 11 is 6.23. The number of benzene rings is 2. The van der Waals surface area contributed by atoms with E-state index < -0.39 is 23.5 Å². The number of furan rings is 1. The van der Waals surface area contributed by atoms with Crippen LogP contribution in [-0.4, -0.2) is 40.9 Å². The number of Topliss-reactive ketones (excluding diaryl/α,β-unsaturated/α-hetero) is 1. The van der Waals surface area contributed by atoms with Crippen molar-refractivity contribution in [2.75, 3.05) is 14.2 Å². The van der Waals surface area contributed by atoms with Gasteiger partial charge in [0.1, 0.15) is 23.0 Å². The van der Waals surface area contributed by atoms with Crippen LogP contribution in [0.4, 0.5) is 0 Å². The summed E-state index contributed by atoms with van der Waals surface area (Å²) < 4.78 is 16.2. The van der Waals surface area contributed by atoms with Crippen molar-refractivity contribution in [2.24, 2.45) is 0 Å². The zero-order valence-corrected chi connectivity index (χ0v) is 19.6. The molecule has 0 saturated carbocycles. The third kappa shape index (κ3) is 3.72. The van der Waals surface area contributed by atoms with Gasteiger partial charge >= 0.3 is 0 Å². The number of hydrogen-bond acceptors (Lipinski definition) is 6. The Morgan fingerprint density at radius 3 is 2.60 bits per heavy atom. The number of nitrogens with zero attached hydrogens (tertiary/aromatic N) is 1. The molecule has 3 heterocycles. The van der Waals surface area contributed by atoms with Gasteiger partial charge in [-0.25, -0.2) is 0 Å².